The van der Waals surface area contributed by atoms with Crippen molar-refractivity contribution in [2.24, 2.45) is 0 Å². The number of piperazine rings is 1. The first kappa shape index (κ1) is 24.0. The number of carbonyl (C=O) groups is 2. The van der Waals surface area contributed by atoms with Crippen molar-refractivity contribution in [3.63, 3.8) is 0 Å². The van der Waals surface area contributed by atoms with Crippen LogP contribution in [0.3, 0.4) is 0 Å². The first-order chi connectivity index (χ1) is 18.0. The highest BCUT2D eigenvalue weighted by Crippen LogP contribution is 2.47. The third-order valence-electron chi connectivity index (χ3n) is 7.65. The van der Waals surface area contributed by atoms with Crippen molar-refractivity contribution in [1.29, 1.82) is 0 Å². The summed E-state index contributed by atoms with van der Waals surface area (Å²) in [5, 5.41) is 13.0. The van der Waals surface area contributed by atoms with Gasteiger partial charge in [-0.2, -0.15) is 0 Å². The number of carbonyl (C=O) groups excluding carboxylic acids is 2. The normalized spacial score (nSPS) is 26.3. The average molecular weight is 510 g/mol. The lowest BCUT2D eigenvalue weighted by atomic mass is 9.84. The van der Waals surface area contributed by atoms with E-state index in [9.17, 15) is 14.7 Å². The lowest BCUT2D eigenvalue weighted by molar-refractivity contribution is -0.150. The van der Waals surface area contributed by atoms with E-state index in [-0.39, 0.29) is 49.8 Å². The van der Waals surface area contributed by atoms with E-state index in [4.69, 9.17) is 18.9 Å². The van der Waals surface area contributed by atoms with Crippen LogP contribution in [-0.4, -0.2) is 91.7 Å². The van der Waals surface area contributed by atoms with Crippen LogP contribution in [0.25, 0.3) is 0 Å². The zero-order chi connectivity index (χ0) is 25.5. The standard InChI is InChI=1S/C27H31N3O7/c1-29-6-8-30(9-7-29)25(32)13-18-12-20-19-11-17(3-5-21(19)37-26(20)24(14-31)36-18)28-27(33)16-2-4-22-23(10-16)35-15-34-22/h2-5,10-11,18,20,24,26,31H,6-9,12-15H2,1H3,(H,28,33)/t18-,20+,24-,26-/m1/s1. The summed E-state index contributed by atoms with van der Waals surface area (Å²) in [5.74, 6) is 1.66. The fraction of sp³-hybridized carbons (Fsp3) is 0.481. The summed E-state index contributed by atoms with van der Waals surface area (Å²) < 4.78 is 23.0. The first-order valence-corrected chi connectivity index (χ1v) is 12.7. The number of nitrogens with one attached hydrogen (secondary N) is 1. The number of benzene rings is 2. The summed E-state index contributed by atoms with van der Waals surface area (Å²) in [5.41, 5.74) is 2.06. The van der Waals surface area contributed by atoms with Crippen LogP contribution < -0.4 is 19.5 Å². The van der Waals surface area contributed by atoms with Crippen LogP contribution in [0.5, 0.6) is 17.2 Å². The molecule has 0 saturated carbocycles. The number of fused-ring (bicyclic) bond motifs is 4. The molecule has 4 aliphatic heterocycles. The van der Waals surface area contributed by atoms with E-state index < -0.39 is 6.10 Å². The molecule has 10 nitrogen and oxygen atoms in total. The van der Waals surface area contributed by atoms with Crippen molar-refractivity contribution >= 4 is 17.5 Å². The molecule has 4 atom stereocenters. The molecule has 2 aromatic carbocycles. The Bertz CT molecular complexity index is 1200. The van der Waals surface area contributed by atoms with Gasteiger partial charge in [0.15, 0.2) is 11.5 Å². The van der Waals surface area contributed by atoms with Gasteiger partial charge >= 0.3 is 0 Å². The van der Waals surface area contributed by atoms with E-state index in [1.807, 2.05) is 17.0 Å². The molecule has 4 aliphatic rings. The summed E-state index contributed by atoms with van der Waals surface area (Å²) in [6.45, 7) is 3.12. The Balaban J connectivity index is 1.16. The van der Waals surface area contributed by atoms with Gasteiger partial charge in [0, 0.05) is 48.9 Å². The third kappa shape index (κ3) is 4.72. The second-order valence-electron chi connectivity index (χ2n) is 10.1. The number of aliphatic hydroxyl groups is 1. The number of likely N-dealkylation sites (N-methyl/N-ethyl adjacent to an activating group) is 1. The lowest BCUT2D eigenvalue weighted by Crippen LogP contribution is -2.50. The molecule has 6 rings (SSSR count). The van der Waals surface area contributed by atoms with E-state index in [0.717, 1.165) is 31.7 Å². The number of ether oxygens (including phenoxy) is 4. The number of anilines is 1. The Morgan fingerprint density at radius 2 is 1.81 bits per heavy atom. The minimum Gasteiger partial charge on any atom is -0.487 e. The molecule has 4 heterocycles. The number of hydrogen-bond acceptors (Lipinski definition) is 8. The molecule has 0 radical (unpaired) electrons. The molecule has 37 heavy (non-hydrogen) atoms. The highest BCUT2D eigenvalue weighted by molar-refractivity contribution is 6.04. The second-order valence-corrected chi connectivity index (χ2v) is 10.1. The summed E-state index contributed by atoms with van der Waals surface area (Å²) in [6, 6.07) is 10.6. The molecule has 196 valence electrons. The largest absolute Gasteiger partial charge is 0.487 e. The van der Waals surface area contributed by atoms with Crippen LogP contribution in [0.2, 0.25) is 0 Å². The van der Waals surface area contributed by atoms with Gasteiger partial charge in [0.2, 0.25) is 12.7 Å². The van der Waals surface area contributed by atoms with Gasteiger partial charge in [0.1, 0.15) is 18.0 Å². The second kappa shape index (κ2) is 9.85. The monoisotopic (exact) mass is 509 g/mol. The topological polar surface area (TPSA) is 110 Å². The fourth-order valence-electron chi connectivity index (χ4n) is 5.59. The molecule has 10 heteroatoms. The first-order valence-electron chi connectivity index (χ1n) is 12.7. The van der Waals surface area contributed by atoms with Crippen LogP contribution in [0.15, 0.2) is 36.4 Å². The van der Waals surface area contributed by atoms with Crippen LogP contribution in [-0.2, 0) is 9.53 Å². The Morgan fingerprint density at radius 3 is 2.62 bits per heavy atom. The van der Waals surface area contributed by atoms with Crippen molar-refractivity contribution in [2.75, 3.05) is 51.9 Å². The van der Waals surface area contributed by atoms with Gasteiger partial charge in [-0.1, -0.05) is 0 Å². The van der Waals surface area contributed by atoms with Gasteiger partial charge in [-0.3, -0.25) is 9.59 Å². The van der Waals surface area contributed by atoms with Crippen molar-refractivity contribution in [1.82, 2.24) is 9.80 Å². The van der Waals surface area contributed by atoms with E-state index >= 15 is 0 Å². The number of hydrogen-bond donors (Lipinski definition) is 2. The zero-order valence-corrected chi connectivity index (χ0v) is 20.7. The molecular formula is C27H31N3O7. The van der Waals surface area contributed by atoms with Crippen LogP contribution in [0.1, 0.15) is 34.7 Å². The SMILES string of the molecule is CN1CCN(C(=O)C[C@H]2C[C@H]3c4cc(NC(=O)c5ccc6c(c5)OCO6)ccc4O[C@H]3[C@@H](CO)O2)CC1. The Kier molecular flexibility index (Phi) is 6.39. The number of aliphatic hydroxyl groups excluding tert-OH is 1. The molecule has 0 spiro atoms. The third-order valence-corrected chi connectivity index (χ3v) is 7.65. The zero-order valence-electron chi connectivity index (χ0n) is 20.7. The summed E-state index contributed by atoms with van der Waals surface area (Å²) >= 11 is 0. The molecule has 2 aromatic rings. The van der Waals surface area contributed by atoms with Gasteiger partial charge in [-0.05, 0) is 49.9 Å². The molecule has 0 aliphatic carbocycles. The van der Waals surface area contributed by atoms with Gasteiger partial charge in [-0.25, -0.2) is 0 Å². The van der Waals surface area contributed by atoms with Gasteiger partial charge in [0.25, 0.3) is 5.91 Å². The Labute approximate surface area is 215 Å². The Morgan fingerprint density at radius 1 is 1.03 bits per heavy atom. The van der Waals surface area contributed by atoms with E-state index in [0.29, 0.717) is 34.9 Å². The van der Waals surface area contributed by atoms with Gasteiger partial charge < -0.3 is 39.2 Å². The van der Waals surface area contributed by atoms with E-state index in [2.05, 4.69) is 17.3 Å². The van der Waals surface area contributed by atoms with E-state index in [1.54, 1.807) is 24.3 Å². The average Bonchev–Trinajstić information content (AvgIpc) is 3.52. The molecule has 2 N–H and O–H groups in total. The maximum Gasteiger partial charge on any atom is 0.255 e. The molecule has 0 bridgehead atoms. The maximum absolute atomic E-state index is 13.0. The molecule has 0 unspecified atom stereocenters. The molecule has 2 fully saturated rings. The smallest absolute Gasteiger partial charge is 0.255 e. The highest BCUT2D eigenvalue weighted by Gasteiger charge is 2.46. The number of amides is 2. The fourth-order valence-corrected chi connectivity index (χ4v) is 5.59. The predicted octanol–water partition coefficient (Wildman–Crippen LogP) is 1.83. The van der Waals surface area contributed by atoms with Crippen LogP contribution in [0.4, 0.5) is 5.69 Å². The van der Waals surface area contributed by atoms with E-state index in [1.165, 1.54) is 0 Å². The molecule has 2 saturated heterocycles. The lowest BCUT2D eigenvalue weighted by Gasteiger charge is -2.38. The minimum atomic E-state index is -0.525. The molecular weight excluding hydrogens is 478 g/mol. The summed E-state index contributed by atoms with van der Waals surface area (Å²) in [7, 11) is 2.06. The van der Waals surface area contributed by atoms with Crippen molar-refractivity contribution in [2.45, 2.75) is 37.1 Å². The quantitative estimate of drug-likeness (QED) is 0.629. The highest BCUT2D eigenvalue weighted by atomic mass is 16.7. The summed E-state index contributed by atoms with van der Waals surface area (Å²) in [4.78, 5) is 30.0. The minimum absolute atomic E-state index is 0.0476. The van der Waals surface area contributed by atoms with Crippen molar-refractivity contribution in [3.05, 3.63) is 47.5 Å². The van der Waals surface area contributed by atoms with Crippen molar-refractivity contribution in [3.8, 4) is 17.2 Å². The predicted molar refractivity (Wildman–Crippen MR) is 133 cm³/mol. The van der Waals surface area contributed by atoms with Crippen LogP contribution in [0, 0.1) is 0 Å². The molecule has 0 aromatic heterocycles. The maximum atomic E-state index is 13.0. The van der Waals surface area contributed by atoms with Gasteiger partial charge in [-0.15, -0.1) is 0 Å². The number of rotatable bonds is 5. The molecule has 2 amide bonds. The van der Waals surface area contributed by atoms with Crippen LogP contribution >= 0.6 is 0 Å². The van der Waals surface area contributed by atoms with Crippen molar-refractivity contribution < 1.29 is 33.6 Å². The Hall–Kier alpha value is -3.34. The summed E-state index contributed by atoms with van der Waals surface area (Å²) in [6.07, 6.45) is -0.295. The van der Waals surface area contributed by atoms with Gasteiger partial charge in [0.05, 0.1) is 19.1 Å². The number of nitrogens with zero attached hydrogens (tertiary/aromatic N) is 2.